The van der Waals surface area contributed by atoms with Crippen LogP contribution in [0.3, 0.4) is 0 Å². The second-order valence-corrected chi connectivity index (χ2v) is 5.37. The van der Waals surface area contributed by atoms with Crippen molar-refractivity contribution in [3.05, 3.63) is 40.9 Å². The maximum absolute atomic E-state index is 6.18. The number of nitrogens with two attached hydrogens (primary N) is 1. The minimum absolute atomic E-state index is 0.588. The molecule has 0 saturated carbocycles. The van der Waals surface area contributed by atoms with E-state index in [-0.39, 0.29) is 0 Å². The van der Waals surface area contributed by atoms with E-state index in [1.54, 1.807) is 6.07 Å². The fourth-order valence-corrected chi connectivity index (χ4v) is 2.31. The zero-order valence-corrected chi connectivity index (χ0v) is 12.9. The molecular formula is C13H16ClN5S. The van der Waals surface area contributed by atoms with E-state index in [1.807, 2.05) is 42.5 Å². The van der Waals surface area contributed by atoms with Crippen LogP contribution in [-0.2, 0) is 6.54 Å². The number of hydrogen-bond acceptors (Lipinski definition) is 6. The van der Waals surface area contributed by atoms with Crippen LogP contribution in [0.2, 0.25) is 5.02 Å². The summed E-state index contributed by atoms with van der Waals surface area (Å²) in [5.74, 6) is 6.81. The van der Waals surface area contributed by atoms with Gasteiger partial charge in [-0.3, -0.25) is 0 Å². The lowest BCUT2D eigenvalue weighted by molar-refractivity contribution is 0.857. The number of halogens is 1. The average Bonchev–Trinajstić information content (AvgIpc) is 2.48. The van der Waals surface area contributed by atoms with Gasteiger partial charge < -0.3 is 10.3 Å². The summed E-state index contributed by atoms with van der Waals surface area (Å²) < 4.78 is 0. The summed E-state index contributed by atoms with van der Waals surface area (Å²) >= 11 is 7.65. The van der Waals surface area contributed by atoms with Crippen LogP contribution < -0.4 is 16.2 Å². The van der Waals surface area contributed by atoms with Gasteiger partial charge in [0.15, 0.2) is 5.16 Å². The highest BCUT2D eigenvalue weighted by molar-refractivity contribution is 7.98. The van der Waals surface area contributed by atoms with E-state index >= 15 is 0 Å². The lowest BCUT2D eigenvalue weighted by Gasteiger charge is -2.20. The highest BCUT2D eigenvalue weighted by Crippen LogP contribution is 2.22. The first-order chi connectivity index (χ1) is 9.63. The SMILES string of the molecule is CSc1nc(NN)cc(N(C)Cc2ccccc2Cl)n1. The van der Waals surface area contributed by atoms with Crippen LogP contribution in [0.15, 0.2) is 35.5 Å². The van der Waals surface area contributed by atoms with Crippen LogP contribution in [-0.4, -0.2) is 23.3 Å². The summed E-state index contributed by atoms with van der Waals surface area (Å²) in [6.07, 6.45) is 1.92. The Morgan fingerprint density at radius 3 is 2.75 bits per heavy atom. The minimum atomic E-state index is 0.588. The van der Waals surface area contributed by atoms with Crippen molar-refractivity contribution in [2.24, 2.45) is 5.84 Å². The summed E-state index contributed by atoms with van der Waals surface area (Å²) in [5.41, 5.74) is 3.60. The van der Waals surface area contributed by atoms with Crippen LogP contribution >= 0.6 is 23.4 Å². The second-order valence-electron chi connectivity index (χ2n) is 4.19. The Morgan fingerprint density at radius 2 is 2.10 bits per heavy atom. The zero-order valence-electron chi connectivity index (χ0n) is 11.3. The summed E-state index contributed by atoms with van der Waals surface area (Å²) in [7, 11) is 1.95. The minimum Gasteiger partial charge on any atom is -0.355 e. The van der Waals surface area contributed by atoms with Crippen molar-refractivity contribution in [2.45, 2.75) is 11.7 Å². The molecule has 1 heterocycles. The molecule has 0 fully saturated rings. The van der Waals surface area contributed by atoms with E-state index in [2.05, 4.69) is 15.4 Å². The van der Waals surface area contributed by atoms with E-state index < -0.39 is 0 Å². The fourth-order valence-electron chi connectivity index (χ4n) is 1.74. The number of nitrogens with one attached hydrogen (secondary N) is 1. The Hall–Kier alpha value is -1.50. The van der Waals surface area contributed by atoms with Crippen molar-refractivity contribution in [3.63, 3.8) is 0 Å². The van der Waals surface area contributed by atoms with Crippen molar-refractivity contribution >= 4 is 35.0 Å². The highest BCUT2D eigenvalue weighted by Gasteiger charge is 2.09. The molecule has 0 amide bonds. The zero-order chi connectivity index (χ0) is 14.5. The number of hydrogen-bond donors (Lipinski definition) is 2. The molecule has 0 aliphatic carbocycles. The number of nitrogen functional groups attached to an aromatic ring is 1. The summed E-state index contributed by atoms with van der Waals surface area (Å²) in [6, 6.07) is 9.56. The van der Waals surface area contributed by atoms with E-state index in [0.29, 0.717) is 17.5 Å². The predicted molar refractivity (Wildman–Crippen MR) is 85.2 cm³/mol. The van der Waals surface area contributed by atoms with Crippen molar-refractivity contribution < 1.29 is 0 Å². The standard InChI is InChI=1S/C13H16ClN5S/c1-19(8-9-5-3-4-6-10(9)14)12-7-11(18-15)16-13(17-12)20-2/h3-7H,8,15H2,1-2H3,(H,16,17,18). The molecule has 5 nitrogen and oxygen atoms in total. The largest absolute Gasteiger partial charge is 0.355 e. The average molecular weight is 310 g/mol. The van der Waals surface area contributed by atoms with Gasteiger partial charge in [0.2, 0.25) is 0 Å². The van der Waals surface area contributed by atoms with Gasteiger partial charge in [0.05, 0.1) is 0 Å². The molecule has 1 aromatic carbocycles. The molecule has 0 bridgehead atoms. The van der Waals surface area contributed by atoms with E-state index in [0.717, 1.165) is 16.4 Å². The molecule has 3 N–H and O–H groups in total. The number of anilines is 2. The van der Waals surface area contributed by atoms with Gasteiger partial charge in [-0.2, -0.15) is 0 Å². The summed E-state index contributed by atoms with van der Waals surface area (Å²) in [4.78, 5) is 10.7. The molecule has 0 atom stereocenters. The molecule has 106 valence electrons. The quantitative estimate of drug-likeness (QED) is 0.383. The molecule has 0 radical (unpaired) electrons. The Balaban J connectivity index is 2.24. The topological polar surface area (TPSA) is 67.1 Å². The maximum atomic E-state index is 6.18. The predicted octanol–water partition coefficient (Wildman–Crippen LogP) is 2.77. The number of nitrogens with zero attached hydrogens (tertiary/aromatic N) is 3. The Labute approximate surface area is 127 Å². The first-order valence-corrected chi connectivity index (χ1v) is 7.58. The molecular weight excluding hydrogens is 294 g/mol. The number of benzene rings is 1. The third-order valence-corrected chi connectivity index (χ3v) is 3.70. The molecule has 2 aromatic rings. The third-order valence-electron chi connectivity index (χ3n) is 2.78. The maximum Gasteiger partial charge on any atom is 0.191 e. The first kappa shape index (κ1) is 14.9. The van der Waals surface area contributed by atoms with E-state index in [4.69, 9.17) is 17.4 Å². The third kappa shape index (κ3) is 3.53. The van der Waals surface area contributed by atoms with Gasteiger partial charge >= 0.3 is 0 Å². The van der Waals surface area contributed by atoms with Gasteiger partial charge in [0.25, 0.3) is 0 Å². The number of aromatic nitrogens is 2. The van der Waals surface area contributed by atoms with Gasteiger partial charge in [0.1, 0.15) is 11.6 Å². The fraction of sp³-hybridized carbons (Fsp3) is 0.231. The van der Waals surface area contributed by atoms with Crippen molar-refractivity contribution in [2.75, 3.05) is 23.6 Å². The van der Waals surface area contributed by atoms with Crippen molar-refractivity contribution in [3.8, 4) is 0 Å². The monoisotopic (exact) mass is 309 g/mol. The molecule has 2 rings (SSSR count). The van der Waals surface area contributed by atoms with Crippen LogP contribution in [0.5, 0.6) is 0 Å². The molecule has 0 spiro atoms. The van der Waals surface area contributed by atoms with Crippen molar-refractivity contribution in [1.82, 2.24) is 9.97 Å². The molecule has 0 saturated heterocycles. The summed E-state index contributed by atoms with van der Waals surface area (Å²) in [6.45, 7) is 0.661. The van der Waals surface area contributed by atoms with Gasteiger partial charge in [0, 0.05) is 24.7 Å². The van der Waals surface area contributed by atoms with Crippen LogP contribution in [0.4, 0.5) is 11.6 Å². The van der Waals surface area contributed by atoms with Gasteiger partial charge in [-0.05, 0) is 17.9 Å². The van der Waals surface area contributed by atoms with Crippen LogP contribution in [0, 0.1) is 0 Å². The molecule has 0 aliphatic heterocycles. The molecule has 0 aliphatic rings. The Kier molecular flexibility index (Phi) is 5.05. The van der Waals surface area contributed by atoms with Gasteiger partial charge in [-0.1, -0.05) is 41.6 Å². The Bertz CT molecular complexity index is 570. The van der Waals surface area contributed by atoms with E-state index in [1.165, 1.54) is 11.8 Å². The lowest BCUT2D eigenvalue weighted by atomic mass is 10.2. The van der Waals surface area contributed by atoms with E-state index in [9.17, 15) is 0 Å². The van der Waals surface area contributed by atoms with Crippen LogP contribution in [0.1, 0.15) is 5.56 Å². The normalized spacial score (nSPS) is 10.4. The highest BCUT2D eigenvalue weighted by atomic mass is 35.5. The second kappa shape index (κ2) is 6.78. The summed E-state index contributed by atoms with van der Waals surface area (Å²) in [5, 5.41) is 1.41. The van der Waals surface area contributed by atoms with Gasteiger partial charge in [-0.15, -0.1) is 0 Å². The number of rotatable bonds is 5. The van der Waals surface area contributed by atoms with Crippen LogP contribution in [0.25, 0.3) is 0 Å². The Morgan fingerprint density at radius 1 is 1.35 bits per heavy atom. The molecule has 0 unspecified atom stereocenters. The molecule has 20 heavy (non-hydrogen) atoms. The number of thioether (sulfide) groups is 1. The smallest absolute Gasteiger partial charge is 0.191 e. The van der Waals surface area contributed by atoms with Crippen molar-refractivity contribution in [1.29, 1.82) is 0 Å². The molecule has 7 heteroatoms. The number of hydrazine groups is 1. The van der Waals surface area contributed by atoms with Gasteiger partial charge in [-0.25, -0.2) is 15.8 Å². The lowest BCUT2D eigenvalue weighted by Crippen LogP contribution is -2.19. The first-order valence-electron chi connectivity index (χ1n) is 5.98. The molecule has 1 aromatic heterocycles.